The molecule has 4 rings (SSSR count). The standard InChI is InChI=1S/C21H16BrN3O3/c1-13-16-11-15(22)4-5-17(16)28-19(13)21(26)25-20-18(3-2-8-24-20)27-12-14-6-9-23-10-7-14/h2-11H,12H2,1H3,(H,24,25,26). The average Bonchev–Trinajstić information content (AvgIpc) is 3.04. The Hall–Kier alpha value is -3.19. The summed E-state index contributed by atoms with van der Waals surface area (Å²) in [5.41, 5.74) is 2.39. The molecule has 0 fully saturated rings. The van der Waals surface area contributed by atoms with E-state index in [2.05, 4.69) is 31.2 Å². The highest BCUT2D eigenvalue weighted by atomic mass is 79.9. The Morgan fingerprint density at radius 3 is 2.82 bits per heavy atom. The van der Waals surface area contributed by atoms with E-state index in [0.29, 0.717) is 23.8 Å². The number of carbonyl (C=O) groups excluding carboxylic acids is 1. The minimum absolute atomic E-state index is 0.249. The Morgan fingerprint density at radius 1 is 1.18 bits per heavy atom. The Balaban J connectivity index is 1.56. The summed E-state index contributed by atoms with van der Waals surface area (Å²) in [5, 5.41) is 3.67. The van der Waals surface area contributed by atoms with Gasteiger partial charge in [0, 0.05) is 34.0 Å². The highest BCUT2D eigenvalue weighted by molar-refractivity contribution is 9.10. The molecule has 0 bridgehead atoms. The van der Waals surface area contributed by atoms with Crippen molar-refractivity contribution in [2.45, 2.75) is 13.5 Å². The molecule has 1 aromatic carbocycles. The monoisotopic (exact) mass is 437 g/mol. The lowest BCUT2D eigenvalue weighted by Gasteiger charge is -2.11. The van der Waals surface area contributed by atoms with Crippen molar-refractivity contribution in [1.29, 1.82) is 0 Å². The van der Waals surface area contributed by atoms with E-state index < -0.39 is 0 Å². The topological polar surface area (TPSA) is 77.2 Å². The second-order valence-corrected chi connectivity index (χ2v) is 7.06. The summed E-state index contributed by atoms with van der Waals surface area (Å²) in [6, 6.07) is 12.9. The number of aryl methyl sites for hydroxylation is 1. The second-order valence-electron chi connectivity index (χ2n) is 6.15. The minimum atomic E-state index is -0.378. The van der Waals surface area contributed by atoms with Crippen LogP contribution < -0.4 is 10.1 Å². The van der Waals surface area contributed by atoms with E-state index in [1.807, 2.05) is 37.3 Å². The van der Waals surface area contributed by atoms with Crippen LogP contribution in [0.4, 0.5) is 5.82 Å². The first kappa shape index (κ1) is 18.2. The molecular weight excluding hydrogens is 422 g/mol. The molecule has 0 aliphatic rings. The number of benzene rings is 1. The van der Waals surface area contributed by atoms with Crippen LogP contribution in [0, 0.1) is 6.92 Å². The number of halogens is 1. The van der Waals surface area contributed by atoms with Gasteiger partial charge in [0.2, 0.25) is 0 Å². The van der Waals surface area contributed by atoms with E-state index in [4.69, 9.17) is 9.15 Å². The highest BCUT2D eigenvalue weighted by Crippen LogP contribution is 2.29. The van der Waals surface area contributed by atoms with Crippen molar-refractivity contribution < 1.29 is 13.9 Å². The van der Waals surface area contributed by atoms with Gasteiger partial charge < -0.3 is 14.5 Å². The van der Waals surface area contributed by atoms with Gasteiger partial charge >= 0.3 is 0 Å². The Morgan fingerprint density at radius 2 is 2.00 bits per heavy atom. The molecule has 0 unspecified atom stereocenters. The van der Waals surface area contributed by atoms with E-state index in [1.54, 1.807) is 30.7 Å². The number of hydrogen-bond acceptors (Lipinski definition) is 5. The first-order valence-corrected chi connectivity index (χ1v) is 9.38. The molecule has 3 aromatic heterocycles. The van der Waals surface area contributed by atoms with Gasteiger partial charge in [0.1, 0.15) is 12.2 Å². The van der Waals surface area contributed by atoms with E-state index >= 15 is 0 Å². The maximum Gasteiger partial charge on any atom is 0.292 e. The van der Waals surface area contributed by atoms with Crippen LogP contribution in [-0.4, -0.2) is 15.9 Å². The van der Waals surface area contributed by atoms with Crippen molar-refractivity contribution in [3.8, 4) is 5.75 Å². The van der Waals surface area contributed by atoms with Gasteiger partial charge in [-0.15, -0.1) is 0 Å². The number of nitrogens with one attached hydrogen (secondary N) is 1. The number of nitrogens with zero attached hydrogens (tertiary/aromatic N) is 2. The van der Waals surface area contributed by atoms with Crippen molar-refractivity contribution in [2.24, 2.45) is 0 Å². The van der Waals surface area contributed by atoms with Crippen molar-refractivity contribution in [3.05, 3.63) is 82.4 Å². The third-order valence-electron chi connectivity index (χ3n) is 4.25. The predicted octanol–water partition coefficient (Wildman–Crippen LogP) is 5.13. The van der Waals surface area contributed by atoms with Crippen LogP contribution in [-0.2, 0) is 6.61 Å². The lowest BCUT2D eigenvalue weighted by Crippen LogP contribution is -2.14. The van der Waals surface area contributed by atoms with E-state index in [1.165, 1.54) is 0 Å². The smallest absolute Gasteiger partial charge is 0.292 e. The van der Waals surface area contributed by atoms with Gasteiger partial charge in [-0.1, -0.05) is 15.9 Å². The molecule has 28 heavy (non-hydrogen) atoms. The molecule has 4 aromatic rings. The van der Waals surface area contributed by atoms with Gasteiger partial charge in [0.15, 0.2) is 17.3 Å². The molecule has 1 N–H and O–H groups in total. The van der Waals surface area contributed by atoms with Gasteiger partial charge in [0.05, 0.1) is 0 Å². The number of aromatic nitrogens is 2. The summed E-state index contributed by atoms with van der Waals surface area (Å²) in [6.07, 6.45) is 5.00. The fourth-order valence-corrected chi connectivity index (χ4v) is 3.18. The second kappa shape index (κ2) is 7.82. The third-order valence-corrected chi connectivity index (χ3v) is 4.74. The van der Waals surface area contributed by atoms with E-state index in [9.17, 15) is 4.79 Å². The number of hydrogen-bond donors (Lipinski definition) is 1. The maximum absolute atomic E-state index is 12.8. The van der Waals surface area contributed by atoms with Crippen LogP contribution >= 0.6 is 15.9 Å². The summed E-state index contributed by atoms with van der Waals surface area (Å²) in [6.45, 7) is 2.20. The van der Waals surface area contributed by atoms with Gasteiger partial charge in [-0.05, 0) is 55.0 Å². The number of rotatable bonds is 5. The molecule has 0 spiro atoms. The van der Waals surface area contributed by atoms with Crippen LogP contribution in [0.15, 0.2) is 69.9 Å². The van der Waals surface area contributed by atoms with Crippen molar-refractivity contribution >= 4 is 38.6 Å². The minimum Gasteiger partial charge on any atom is -0.485 e. The maximum atomic E-state index is 12.8. The number of furan rings is 1. The number of carbonyl (C=O) groups is 1. The number of pyridine rings is 2. The molecule has 0 radical (unpaired) electrons. The molecule has 1 amide bonds. The average molecular weight is 438 g/mol. The van der Waals surface area contributed by atoms with Crippen molar-refractivity contribution in [1.82, 2.24) is 9.97 Å². The summed E-state index contributed by atoms with van der Waals surface area (Å²) in [4.78, 5) is 21.0. The van der Waals surface area contributed by atoms with Crippen LogP contribution in [0.2, 0.25) is 0 Å². The third kappa shape index (κ3) is 3.75. The SMILES string of the molecule is Cc1c(C(=O)Nc2ncccc2OCc2ccncc2)oc2ccc(Br)cc12. The molecule has 3 heterocycles. The summed E-state index contributed by atoms with van der Waals surface area (Å²) in [5.74, 6) is 0.683. The van der Waals surface area contributed by atoms with Crippen LogP contribution in [0.3, 0.4) is 0 Å². The van der Waals surface area contributed by atoms with Gasteiger partial charge in [-0.2, -0.15) is 0 Å². The zero-order chi connectivity index (χ0) is 19.5. The fourth-order valence-electron chi connectivity index (χ4n) is 2.82. The molecule has 0 saturated carbocycles. The first-order valence-electron chi connectivity index (χ1n) is 8.58. The largest absolute Gasteiger partial charge is 0.485 e. The Labute approximate surface area is 169 Å². The molecule has 140 valence electrons. The molecular formula is C21H16BrN3O3. The van der Waals surface area contributed by atoms with Crippen molar-refractivity contribution in [2.75, 3.05) is 5.32 Å². The van der Waals surface area contributed by atoms with Crippen LogP contribution in [0.1, 0.15) is 21.7 Å². The summed E-state index contributed by atoms with van der Waals surface area (Å²) < 4.78 is 12.5. The summed E-state index contributed by atoms with van der Waals surface area (Å²) in [7, 11) is 0. The fraction of sp³-hybridized carbons (Fsp3) is 0.0952. The van der Waals surface area contributed by atoms with Crippen molar-refractivity contribution in [3.63, 3.8) is 0 Å². The Bertz CT molecular complexity index is 1140. The van der Waals surface area contributed by atoms with E-state index in [-0.39, 0.29) is 11.7 Å². The van der Waals surface area contributed by atoms with Gasteiger partial charge in [0.25, 0.3) is 5.91 Å². The molecule has 6 nitrogen and oxygen atoms in total. The molecule has 0 aliphatic carbocycles. The first-order chi connectivity index (χ1) is 13.6. The zero-order valence-corrected chi connectivity index (χ0v) is 16.6. The molecule has 0 atom stereocenters. The Kier molecular flexibility index (Phi) is 5.08. The van der Waals surface area contributed by atoms with E-state index in [0.717, 1.165) is 21.0 Å². The highest BCUT2D eigenvalue weighted by Gasteiger charge is 2.19. The quantitative estimate of drug-likeness (QED) is 0.468. The van der Waals surface area contributed by atoms with Gasteiger partial charge in [-0.3, -0.25) is 9.78 Å². The van der Waals surface area contributed by atoms with Crippen LogP contribution in [0.5, 0.6) is 5.75 Å². The summed E-state index contributed by atoms with van der Waals surface area (Å²) >= 11 is 3.44. The zero-order valence-electron chi connectivity index (χ0n) is 15.0. The number of anilines is 1. The molecule has 0 aliphatic heterocycles. The number of fused-ring (bicyclic) bond motifs is 1. The molecule has 7 heteroatoms. The normalized spacial score (nSPS) is 10.8. The lowest BCUT2D eigenvalue weighted by molar-refractivity contribution is 0.0997. The van der Waals surface area contributed by atoms with Gasteiger partial charge in [-0.25, -0.2) is 4.98 Å². The number of ether oxygens (including phenoxy) is 1. The lowest BCUT2D eigenvalue weighted by atomic mass is 10.1. The predicted molar refractivity (Wildman–Crippen MR) is 109 cm³/mol. The molecule has 0 saturated heterocycles. The van der Waals surface area contributed by atoms with Crippen LogP contribution in [0.25, 0.3) is 11.0 Å². The number of amides is 1.